The number of carbonyl (C=O) groups excluding carboxylic acids is 1. The summed E-state index contributed by atoms with van der Waals surface area (Å²) < 4.78 is 1.85. The highest BCUT2D eigenvalue weighted by atomic mass is 16.1. The smallest absolute Gasteiger partial charge is 0.226 e. The van der Waals surface area contributed by atoms with Gasteiger partial charge >= 0.3 is 0 Å². The summed E-state index contributed by atoms with van der Waals surface area (Å²) in [5.41, 5.74) is 4.04. The molecule has 6 nitrogen and oxygen atoms in total. The first-order valence-electron chi connectivity index (χ1n) is 8.67. The Morgan fingerprint density at radius 2 is 1.92 bits per heavy atom. The van der Waals surface area contributed by atoms with Gasteiger partial charge in [-0.3, -0.25) is 4.79 Å². The van der Waals surface area contributed by atoms with E-state index in [2.05, 4.69) is 51.5 Å². The molecule has 0 saturated heterocycles. The summed E-state index contributed by atoms with van der Waals surface area (Å²) in [7, 11) is 4.04. The third kappa shape index (κ3) is 2.62. The van der Waals surface area contributed by atoms with Crippen LogP contribution in [0.1, 0.15) is 37.2 Å². The average Bonchev–Trinajstić information content (AvgIpc) is 2.92. The van der Waals surface area contributed by atoms with Crippen molar-refractivity contribution in [2.45, 2.75) is 32.7 Å². The van der Waals surface area contributed by atoms with Crippen molar-refractivity contribution in [2.24, 2.45) is 5.92 Å². The van der Waals surface area contributed by atoms with Crippen molar-refractivity contribution in [2.75, 3.05) is 24.3 Å². The number of anilines is 2. The number of allylic oxidation sites excluding steroid dienone is 2. The zero-order valence-corrected chi connectivity index (χ0v) is 15.1. The minimum Gasteiger partial charge on any atom is -0.378 e. The van der Waals surface area contributed by atoms with Crippen molar-refractivity contribution < 1.29 is 4.79 Å². The largest absolute Gasteiger partial charge is 0.378 e. The molecule has 2 aliphatic rings. The molecule has 130 valence electrons. The number of carbonyl (C=O) groups is 1. The minimum atomic E-state index is -0.205. The van der Waals surface area contributed by atoms with Gasteiger partial charge in [-0.1, -0.05) is 19.1 Å². The van der Waals surface area contributed by atoms with Crippen molar-refractivity contribution in [1.82, 2.24) is 14.8 Å². The maximum absolute atomic E-state index is 12.8. The lowest BCUT2D eigenvalue weighted by atomic mass is 9.81. The molecule has 1 aromatic heterocycles. The zero-order valence-electron chi connectivity index (χ0n) is 15.1. The van der Waals surface area contributed by atoms with E-state index in [1.165, 1.54) is 0 Å². The van der Waals surface area contributed by atoms with Gasteiger partial charge in [0, 0.05) is 37.5 Å². The van der Waals surface area contributed by atoms with Crippen LogP contribution < -0.4 is 10.2 Å². The summed E-state index contributed by atoms with van der Waals surface area (Å²) in [6, 6.07) is 8.13. The van der Waals surface area contributed by atoms with Crippen molar-refractivity contribution >= 4 is 17.4 Å². The van der Waals surface area contributed by atoms with Gasteiger partial charge in [0.25, 0.3) is 0 Å². The standard InChI is InChI=1S/C19H23N5O/c1-11-9-15-17(16(25)10-11)18(24-19(21-15)20-12(2)22-24)13-5-7-14(8-6-13)23(3)4/h5-8,11,18H,9-10H2,1-4H3,(H,20,21,22)/t11-,18-/m0/s1. The van der Waals surface area contributed by atoms with Crippen LogP contribution in [0, 0.1) is 12.8 Å². The van der Waals surface area contributed by atoms with E-state index in [0.717, 1.165) is 34.9 Å². The Labute approximate surface area is 147 Å². The number of fused-ring (bicyclic) bond motifs is 1. The lowest BCUT2D eigenvalue weighted by Crippen LogP contribution is -2.33. The third-order valence-corrected chi connectivity index (χ3v) is 4.96. The van der Waals surface area contributed by atoms with Crippen molar-refractivity contribution in [3.8, 4) is 0 Å². The van der Waals surface area contributed by atoms with Crippen LogP contribution in [0.5, 0.6) is 0 Å². The Balaban J connectivity index is 1.85. The van der Waals surface area contributed by atoms with Gasteiger partial charge in [0.05, 0.1) is 0 Å². The second-order valence-electron chi connectivity index (χ2n) is 7.27. The molecule has 1 aliphatic carbocycles. The van der Waals surface area contributed by atoms with Crippen LogP contribution in [0.15, 0.2) is 35.5 Å². The molecule has 4 rings (SSSR count). The topological polar surface area (TPSA) is 63.1 Å². The van der Waals surface area contributed by atoms with Gasteiger partial charge in [-0.2, -0.15) is 10.1 Å². The van der Waals surface area contributed by atoms with Crippen LogP contribution in [0.3, 0.4) is 0 Å². The fourth-order valence-electron chi connectivity index (χ4n) is 3.78. The molecule has 0 spiro atoms. The summed E-state index contributed by atoms with van der Waals surface area (Å²) in [4.78, 5) is 19.4. The lowest BCUT2D eigenvalue weighted by Gasteiger charge is -2.34. The van der Waals surface area contributed by atoms with E-state index in [-0.39, 0.29) is 11.8 Å². The molecule has 1 aromatic carbocycles. The molecular formula is C19H23N5O. The third-order valence-electron chi connectivity index (χ3n) is 4.96. The van der Waals surface area contributed by atoms with Crippen molar-refractivity contribution in [1.29, 1.82) is 0 Å². The van der Waals surface area contributed by atoms with E-state index in [1.807, 2.05) is 25.7 Å². The molecule has 0 amide bonds. The highest BCUT2D eigenvalue weighted by molar-refractivity contribution is 5.99. The number of aryl methyl sites for hydroxylation is 1. The van der Waals surface area contributed by atoms with Gasteiger partial charge < -0.3 is 10.2 Å². The molecule has 2 heterocycles. The number of benzene rings is 1. The average molecular weight is 337 g/mol. The van der Waals surface area contributed by atoms with E-state index in [9.17, 15) is 4.79 Å². The van der Waals surface area contributed by atoms with Crippen LogP contribution >= 0.6 is 0 Å². The minimum absolute atomic E-state index is 0.205. The molecular weight excluding hydrogens is 314 g/mol. The van der Waals surface area contributed by atoms with Crippen LogP contribution in [0.25, 0.3) is 0 Å². The Morgan fingerprint density at radius 3 is 2.60 bits per heavy atom. The highest BCUT2D eigenvalue weighted by Crippen LogP contribution is 2.41. The zero-order chi connectivity index (χ0) is 17.7. The van der Waals surface area contributed by atoms with Crippen molar-refractivity contribution in [3.05, 3.63) is 46.9 Å². The second-order valence-corrected chi connectivity index (χ2v) is 7.27. The van der Waals surface area contributed by atoms with Crippen LogP contribution in [-0.4, -0.2) is 34.6 Å². The molecule has 2 aromatic rings. The Bertz CT molecular complexity index is 862. The lowest BCUT2D eigenvalue weighted by molar-refractivity contribution is -0.117. The fraction of sp³-hybridized carbons (Fsp3) is 0.421. The summed E-state index contributed by atoms with van der Waals surface area (Å²) in [5.74, 6) is 1.99. The molecule has 6 heteroatoms. The second kappa shape index (κ2) is 5.72. The molecule has 0 unspecified atom stereocenters. The quantitative estimate of drug-likeness (QED) is 0.913. The first kappa shape index (κ1) is 15.9. The van der Waals surface area contributed by atoms with E-state index < -0.39 is 0 Å². The number of ketones is 1. The van der Waals surface area contributed by atoms with Gasteiger partial charge in [-0.25, -0.2) is 4.68 Å². The number of nitrogens with zero attached hydrogens (tertiary/aromatic N) is 4. The van der Waals surface area contributed by atoms with Gasteiger partial charge in [0.15, 0.2) is 5.78 Å². The monoisotopic (exact) mass is 337 g/mol. The van der Waals surface area contributed by atoms with Crippen LogP contribution in [0.2, 0.25) is 0 Å². The number of Topliss-reactive ketones (excluding diaryl/α,β-unsaturated/α-hetero) is 1. The van der Waals surface area contributed by atoms with Gasteiger partial charge in [0.2, 0.25) is 5.95 Å². The Morgan fingerprint density at radius 1 is 1.20 bits per heavy atom. The number of hydrogen-bond donors (Lipinski definition) is 1. The van der Waals surface area contributed by atoms with Gasteiger partial charge in [-0.05, 0) is 37.0 Å². The molecule has 25 heavy (non-hydrogen) atoms. The summed E-state index contributed by atoms with van der Waals surface area (Å²) in [6.45, 7) is 4.00. The molecule has 0 radical (unpaired) electrons. The summed E-state index contributed by atoms with van der Waals surface area (Å²) in [6.07, 6.45) is 1.47. The number of aromatic nitrogens is 3. The fourth-order valence-corrected chi connectivity index (χ4v) is 3.78. The van der Waals surface area contributed by atoms with Crippen LogP contribution in [0.4, 0.5) is 11.6 Å². The molecule has 1 N–H and O–H groups in total. The molecule has 0 saturated carbocycles. The predicted molar refractivity (Wildman–Crippen MR) is 97.7 cm³/mol. The Hall–Kier alpha value is -2.63. The van der Waals surface area contributed by atoms with Crippen molar-refractivity contribution in [3.63, 3.8) is 0 Å². The first-order chi connectivity index (χ1) is 11.9. The first-order valence-corrected chi connectivity index (χ1v) is 8.67. The predicted octanol–water partition coefficient (Wildman–Crippen LogP) is 2.92. The summed E-state index contributed by atoms with van der Waals surface area (Å²) in [5, 5.41) is 7.91. The van der Waals surface area contributed by atoms with Gasteiger partial charge in [0.1, 0.15) is 11.9 Å². The van der Waals surface area contributed by atoms with E-state index >= 15 is 0 Å². The SMILES string of the molecule is Cc1nc2n(n1)[C@@H](c1ccc(N(C)C)cc1)C1=C(C[C@H](C)CC1=O)N2. The summed E-state index contributed by atoms with van der Waals surface area (Å²) >= 11 is 0. The van der Waals surface area contributed by atoms with E-state index in [4.69, 9.17) is 0 Å². The molecule has 0 bridgehead atoms. The normalized spacial score (nSPS) is 22.3. The highest BCUT2D eigenvalue weighted by Gasteiger charge is 2.38. The van der Waals surface area contributed by atoms with Crippen LogP contribution in [-0.2, 0) is 4.79 Å². The maximum Gasteiger partial charge on any atom is 0.226 e. The molecule has 1 aliphatic heterocycles. The number of hydrogen-bond acceptors (Lipinski definition) is 5. The number of rotatable bonds is 2. The Kier molecular flexibility index (Phi) is 3.63. The molecule has 2 atom stereocenters. The molecule has 0 fully saturated rings. The van der Waals surface area contributed by atoms with Gasteiger partial charge in [-0.15, -0.1) is 0 Å². The van der Waals surface area contributed by atoms with E-state index in [1.54, 1.807) is 0 Å². The maximum atomic E-state index is 12.8. The number of nitrogens with one attached hydrogen (secondary N) is 1. The van der Waals surface area contributed by atoms with E-state index in [0.29, 0.717) is 18.2 Å².